The van der Waals surface area contributed by atoms with E-state index in [1.165, 1.54) is 12.1 Å². The Hall–Kier alpha value is -3.47. The van der Waals surface area contributed by atoms with E-state index in [0.29, 0.717) is 31.0 Å². The summed E-state index contributed by atoms with van der Waals surface area (Å²) in [5.74, 6) is -0.394. The van der Waals surface area contributed by atoms with Gasteiger partial charge in [0.1, 0.15) is 11.9 Å². The molecule has 0 aliphatic carbocycles. The molecule has 5 heteroatoms. The summed E-state index contributed by atoms with van der Waals surface area (Å²) in [6.45, 7) is 6.94. The van der Waals surface area contributed by atoms with Crippen LogP contribution in [-0.2, 0) is 29.0 Å². The molecule has 34 heavy (non-hydrogen) atoms. The van der Waals surface area contributed by atoms with Crippen molar-refractivity contribution >= 4 is 11.8 Å². The molecule has 0 aliphatic heterocycles. The van der Waals surface area contributed by atoms with Crippen LogP contribution in [0, 0.1) is 18.7 Å². The minimum Gasteiger partial charge on any atom is -0.354 e. The quantitative estimate of drug-likeness (QED) is 0.458. The standard InChI is InChI=1S/C29H33FN2O2/c1-21(2)19-31-29(34)27(17-23-7-5-4-6-8-23)32(20-25-11-9-22(3)10-12-25)28(33)18-24-13-15-26(30)16-14-24/h4-16,21,27H,17-20H2,1-3H3,(H,31,34). The summed E-state index contributed by atoms with van der Waals surface area (Å²) in [6, 6.07) is 23.0. The van der Waals surface area contributed by atoms with Crippen LogP contribution in [0.2, 0.25) is 0 Å². The Labute approximate surface area is 201 Å². The first-order valence-electron chi connectivity index (χ1n) is 11.7. The van der Waals surface area contributed by atoms with E-state index in [2.05, 4.69) is 5.32 Å². The van der Waals surface area contributed by atoms with Gasteiger partial charge in [-0.25, -0.2) is 4.39 Å². The lowest BCUT2D eigenvalue weighted by atomic mass is 10.0. The molecule has 3 aromatic carbocycles. The smallest absolute Gasteiger partial charge is 0.243 e. The molecule has 0 fully saturated rings. The highest BCUT2D eigenvalue weighted by atomic mass is 19.1. The first-order valence-corrected chi connectivity index (χ1v) is 11.7. The van der Waals surface area contributed by atoms with Crippen LogP contribution in [0.15, 0.2) is 78.9 Å². The van der Waals surface area contributed by atoms with E-state index < -0.39 is 6.04 Å². The molecule has 0 saturated carbocycles. The maximum Gasteiger partial charge on any atom is 0.243 e. The van der Waals surface area contributed by atoms with E-state index in [-0.39, 0.29) is 24.1 Å². The lowest BCUT2D eigenvalue weighted by Gasteiger charge is -2.32. The summed E-state index contributed by atoms with van der Waals surface area (Å²) in [5, 5.41) is 3.02. The van der Waals surface area contributed by atoms with E-state index in [4.69, 9.17) is 0 Å². The SMILES string of the molecule is Cc1ccc(CN(C(=O)Cc2ccc(F)cc2)C(Cc2ccccc2)C(=O)NCC(C)C)cc1. The van der Waals surface area contributed by atoms with Gasteiger partial charge in [0.15, 0.2) is 0 Å². The summed E-state index contributed by atoms with van der Waals surface area (Å²) in [4.78, 5) is 28.6. The summed E-state index contributed by atoms with van der Waals surface area (Å²) in [5.41, 5.74) is 3.77. The molecular formula is C29H33FN2O2. The Morgan fingerprint density at radius 3 is 2.09 bits per heavy atom. The predicted molar refractivity (Wildman–Crippen MR) is 134 cm³/mol. The second-order valence-corrected chi connectivity index (χ2v) is 9.16. The molecule has 0 saturated heterocycles. The number of benzene rings is 3. The number of halogens is 1. The third kappa shape index (κ3) is 7.55. The van der Waals surface area contributed by atoms with Gasteiger partial charge in [-0.1, -0.05) is 86.1 Å². The van der Waals surface area contributed by atoms with Crippen molar-refractivity contribution in [2.24, 2.45) is 5.92 Å². The normalized spacial score (nSPS) is 11.8. The van der Waals surface area contributed by atoms with E-state index in [9.17, 15) is 14.0 Å². The zero-order chi connectivity index (χ0) is 24.5. The van der Waals surface area contributed by atoms with Gasteiger partial charge in [0.25, 0.3) is 0 Å². The molecule has 0 radical (unpaired) electrons. The van der Waals surface area contributed by atoms with Crippen molar-refractivity contribution < 1.29 is 14.0 Å². The van der Waals surface area contributed by atoms with Gasteiger partial charge in [0.2, 0.25) is 11.8 Å². The molecule has 178 valence electrons. The van der Waals surface area contributed by atoms with Crippen LogP contribution in [0.3, 0.4) is 0 Å². The second kappa shape index (κ2) is 12.1. The molecule has 1 atom stereocenters. The maximum atomic E-state index is 13.6. The fraction of sp³-hybridized carbons (Fsp3) is 0.310. The van der Waals surface area contributed by atoms with Crippen LogP contribution >= 0.6 is 0 Å². The van der Waals surface area contributed by atoms with E-state index in [1.54, 1.807) is 17.0 Å². The van der Waals surface area contributed by atoms with Gasteiger partial charge in [-0.15, -0.1) is 0 Å². The molecule has 0 spiro atoms. The third-order valence-electron chi connectivity index (χ3n) is 5.70. The lowest BCUT2D eigenvalue weighted by Crippen LogP contribution is -2.51. The van der Waals surface area contributed by atoms with Gasteiger partial charge in [0, 0.05) is 19.5 Å². The fourth-order valence-electron chi connectivity index (χ4n) is 3.75. The van der Waals surface area contributed by atoms with Crippen LogP contribution in [0.1, 0.15) is 36.1 Å². The first kappa shape index (κ1) is 25.2. The fourth-order valence-corrected chi connectivity index (χ4v) is 3.75. The number of amides is 2. The van der Waals surface area contributed by atoms with Crippen LogP contribution in [0.25, 0.3) is 0 Å². The molecule has 1 unspecified atom stereocenters. The van der Waals surface area contributed by atoms with Crippen molar-refractivity contribution in [3.05, 3.63) is 107 Å². The second-order valence-electron chi connectivity index (χ2n) is 9.16. The van der Waals surface area contributed by atoms with Crippen molar-refractivity contribution in [1.82, 2.24) is 10.2 Å². The van der Waals surface area contributed by atoms with Gasteiger partial charge in [-0.3, -0.25) is 9.59 Å². The Bertz CT molecular complexity index is 1060. The predicted octanol–water partition coefficient (Wildman–Crippen LogP) is 5.09. The van der Waals surface area contributed by atoms with Crippen molar-refractivity contribution in [2.45, 2.75) is 46.2 Å². The first-order chi connectivity index (χ1) is 16.3. The highest BCUT2D eigenvalue weighted by molar-refractivity contribution is 5.88. The molecule has 0 aliphatic rings. The minimum atomic E-state index is -0.671. The Morgan fingerprint density at radius 1 is 0.853 bits per heavy atom. The number of carbonyl (C=O) groups is 2. The highest BCUT2D eigenvalue weighted by Crippen LogP contribution is 2.17. The maximum absolute atomic E-state index is 13.6. The number of hydrogen-bond acceptors (Lipinski definition) is 2. The molecular weight excluding hydrogens is 427 g/mol. The number of nitrogens with one attached hydrogen (secondary N) is 1. The average molecular weight is 461 g/mol. The van der Waals surface area contributed by atoms with E-state index in [0.717, 1.165) is 16.7 Å². The Morgan fingerprint density at radius 2 is 1.47 bits per heavy atom. The van der Waals surface area contributed by atoms with Crippen molar-refractivity contribution in [2.75, 3.05) is 6.54 Å². The number of rotatable bonds is 10. The zero-order valence-corrected chi connectivity index (χ0v) is 20.1. The molecule has 3 aromatic rings. The van der Waals surface area contributed by atoms with Gasteiger partial charge < -0.3 is 10.2 Å². The number of aryl methyl sites for hydroxylation is 1. The third-order valence-corrected chi connectivity index (χ3v) is 5.70. The van der Waals surface area contributed by atoms with Crippen LogP contribution in [0.4, 0.5) is 4.39 Å². The zero-order valence-electron chi connectivity index (χ0n) is 20.1. The highest BCUT2D eigenvalue weighted by Gasteiger charge is 2.30. The van der Waals surface area contributed by atoms with Gasteiger partial charge in [0.05, 0.1) is 6.42 Å². The summed E-state index contributed by atoms with van der Waals surface area (Å²) >= 11 is 0. The number of hydrogen-bond donors (Lipinski definition) is 1. The number of nitrogens with zero attached hydrogens (tertiary/aromatic N) is 1. The van der Waals surface area contributed by atoms with Gasteiger partial charge in [-0.05, 0) is 41.7 Å². The van der Waals surface area contributed by atoms with Gasteiger partial charge in [-0.2, -0.15) is 0 Å². The molecule has 1 N–H and O–H groups in total. The monoisotopic (exact) mass is 460 g/mol. The minimum absolute atomic E-state index is 0.0922. The molecule has 0 bridgehead atoms. The van der Waals surface area contributed by atoms with E-state index >= 15 is 0 Å². The summed E-state index contributed by atoms with van der Waals surface area (Å²) < 4.78 is 13.4. The lowest BCUT2D eigenvalue weighted by molar-refractivity contribution is -0.140. The summed E-state index contributed by atoms with van der Waals surface area (Å²) in [6.07, 6.45) is 0.501. The largest absolute Gasteiger partial charge is 0.354 e. The average Bonchev–Trinajstić information content (AvgIpc) is 2.83. The molecule has 4 nitrogen and oxygen atoms in total. The van der Waals surface area contributed by atoms with Crippen LogP contribution < -0.4 is 5.32 Å². The molecule has 2 amide bonds. The topological polar surface area (TPSA) is 49.4 Å². The van der Waals surface area contributed by atoms with Crippen molar-refractivity contribution in [3.8, 4) is 0 Å². The van der Waals surface area contributed by atoms with Crippen LogP contribution in [-0.4, -0.2) is 29.3 Å². The summed E-state index contributed by atoms with van der Waals surface area (Å²) in [7, 11) is 0. The molecule has 0 aromatic heterocycles. The Kier molecular flexibility index (Phi) is 8.97. The van der Waals surface area contributed by atoms with Crippen LogP contribution in [0.5, 0.6) is 0 Å². The molecule has 3 rings (SSSR count). The van der Waals surface area contributed by atoms with Crippen molar-refractivity contribution in [1.29, 1.82) is 0 Å². The molecule has 0 heterocycles. The van der Waals surface area contributed by atoms with Crippen molar-refractivity contribution in [3.63, 3.8) is 0 Å². The Balaban J connectivity index is 1.93. The van der Waals surface area contributed by atoms with E-state index in [1.807, 2.05) is 75.4 Å². The number of carbonyl (C=O) groups excluding carboxylic acids is 2. The van der Waals surface area contributed by atoms with Gasteiger partial charge >= 0.3 is 0 Å².